The molecule has 1 aromatic heterocycles. The molecule has 10 heteroatoms. The molecule has 0 aliphatic carbocycles. The number of nitrogens with one attached hydrogen (secondary N) is 1. The monoisotopic (exact) mass is 391 g/mol. The van der Waals surface area contributed by atoms with Gasteiger partial charge in [-0.1, -0.05) is 17.7 Å². The Bertz CT molecular complexity index is 834. The normalized spacial score (nSPS) is 10.4. The number of aromatic nitrogens is 1. The van der Waals surface area contributed by atoms with Gasteiger partial charge in [0.05, 0.1) is 12.3 Å². The predicted molar refractivity (Wildman–Crippen MR) is 103 cm³/mol. The molecule has 0 aliphatic rings. The van der Waals surface area contributed by atoms with Crippen molar-refractivity contribution >= 4 is 40.6 Å². The van der Waals surface area contributed by atoms with Crippen molar-refractivity contribution in [3.8, 4) is 0 Å². The molecule has 0 aliphatic heterocycles. The van der Waals surface area contributed by atoms with Crippen molar-refractivity contribution in [2.45, 2.75) is 6.92 Å². The molecule has 2 aromatic rings. The van der Waals surface area contributed by atoms with Crippen molar-refractivity contribution in [3.63, 3.8) is 0 Å². The number of amides is 3. The highest BCUT2D eigenvalue weighted by Crippen LogP contribution is 2.26. The van der Waals surface area contributed by atoms with Crippen molar-refractivity contribution < 1.29 is 19.1 Å². The van der Waals surface area contributed by atoms with Crippen molar-refractivity contribution in [2.24, 2.45) is 5.73 Å². The highest BCUT2D eigenvalue weighted by Gasteiger charge is 2.27. The zero-order chi connectivity index (χ0) is 20.0. The molecule has 0 bridgehead atoms. The second-order valence-corrected chi connectivity index (χ2v) is 6.48. The Labute approximate surface area is 160 Å². The molecule has 9 nitrogen and oxygen atoms in total. The lowest BCUT2D eigenvalue weighted by atomic mass is 10.2. The Kier molecular flexibility index (Phi) is 6.85. The maximum atomic E-state index is 13.0. The number of methoxy groups -OCH3 is 1. The molecule has 1 heterocycles. The first-order chi connectivity index (χ1) is 12.8. The third-order valence-corrected chi connectivity index (χ3v) is 4.53. The summed E-state index contributed by atoms with van der Waals surface area (Å²) in [5.74, 6) is -1.72. The van der Waals surface area contributed by atoms with Gasteiger partial charge in [-0.15, -0.1) is 0 Å². The van der Waals surface area contributed by atoms with Gasteiger partial charge in [-0.25, -0.2) is 0 Å². The average Bonchev–Trinajstić information content (AvgIpc) is 3.02. The van der Waals surface area contributed by atoms with Crippen molar-refractivity contribution in [1.82, 2.24) is 9.69 Å². The van der Waals surface area contributed by atoms with E-state index >= 15 is 0 Å². The smallest absolute Gasteiger partial charge is 0.272 e. The van der Waals surface area contributed by atoms with Crippen LogP contribution >= 0.6 is 11.5 Å². The summed E-state index contributed by atoms with van der Waals surface area (Å²) in [7, 11) is 1.52. The molecular formula is C17H21N5O4S. The van der Waals surface area contributed by atoms with Crippen LogP contribution in [0, 0.1) is 6.92 Å². The highest BCUT2D eigenvalue weighted by molar-refractivity contribution is 7.09. The first-order valence-electron chi connectivity index (χ1n) is 8.04. The van der Waals surface area contributed by atoms with E-state index in [9.17, 15) is 14.4 Å². The fourth-order valence-corrected chi connectivity index (χ4v) is 3.00. The maximum Gasteiger partial charge on any atom is 0.272 e. The van der Waals surface area contributed by atoms with Crippen LogP contribution in [0.5, 0.6) is 0 Å². The summed E-state index contributed by atoms with van der Waals surface area (Å²) in [6.07, 6.45) is 0. The highest BCUT2D eigenvalue weighted by atomic mass is 32.1. The van der Waals surface area contributed by atoms with Gasteiger partial charge >= 0.3 is 0 Å². The fourth-order valence-electron chi connectivity index (χ4n) is 2.25. The number of primary amides is 1. The minimum atomic E-state index is -0.818. The van der Waals surface area contributed by atoms with E-state index < -0.39 is 11.8 Å². The Morgan fingerprint density at radius 2 is 1.93 bits per heavy atom. The van der Waals surface area contributed by atoms with Crippen LogP contribution in [0.15, 0.2) is 24.3 Å². The van der Waals surface area contributed by atoms with E-state index in [0.717, 1.165) is 17.1 Å². The second-order valence-electron chi connectivity index (χ2n) is 5.71. The molecule has 0 saturated carbocycles. The summed E-state index contributed by atoms with van der Waals surface area (Å²) in [5, 5.41) is 2.66. The van der Waals surface area contributed by atoms with Gasteiger partial charge in [-0.2, -0.15) is 4.37 Å². The Balaban J connectivity index is 2.31. The quantitative estimate of drug-likeness (QED) is 0.561. The molecule has 0 fully saturated rings. The van der Waals surface area contributed by atoms with Gasteiger partial charge in [-0.3, -0.25) is 19.3 Å². The number of hydrogen-bond acceptors (Lipinski definition) is 7. The third-order valence-electron chi connectivity index (χ3n) is 3.68. The number of nitrogens with two attached hydrogens (primary N) is 2. The molecule has 0 unspecified atom stereocenters. The van der Waals surface area contributed by atoms with Crippen LogP contribution in [0.4, 0.5) is 11.4 Å². The van der Waals surface area contributed by atoms with Crippen LogP contribution in [0.1, 0.15) is 25.7 Å². The molecule has 0 atom stereocenters. The van der Waals surface area contributed by atoms with Gasteiger partial charge < -0.3 is 21.5 Å². The maximum absolute atomic E-state index is 13.0. The van der Waals surface area contributed by atoms with E-state index in [1.54, 1.807) is 12.1 Å². The number of aryl methyl sites for hydroxylation is 1. The van der Waals surface area contributed by atoms with E-state index in [1.165, 1.54) is 12.0 Å². The summed E-state index contributed by atoms with van der Waals surface area (Å²) in [4.78, 5) is 37.9. The topological polar surface area (TPSA) is 141 Å². The molecule has 2 rings (SSSR count). The lowest BCUT2D eigenvalue weighted by molar-refractivity contribution is -0.119. The molecule has 0 spiro atoms. The molecule has 27 heavy (non-hydrogen) atoms. The average molecular weight is 391 g/mol. The molecule has 3 amide bonds. The Morgan fingerprint density at radius 1 is 1.26 bits per heavy atom. The van der Waals surface area contributed by atoms with Crippen molar-refractivity contribution in [3.05, 3.63) is 40.4 Å². The molecule has 144 valence electrons. The van der Waals surface area contributed by atoms with E-state index in [-0.39, 0.29) is 28.7 Å². The lowest BCUT2D eigenvalue weighted by Gasteiger charge is -2.22. The van der Waals surface area contributed by atoms with Crippen LogP contribution in [0.3, 0.4) is 0 Å². The minimum Gasteiger partial charge on any atom is -0.395 e. The first-order valence-corrected chi connectivity index (χ1v) is 8.81. The number of carbonyl (C=O) groups is 3. The summed E-state index contributed by atoms with van der Waals surface area (Å²) in [5.41, 5.74) is 12.3. The Morgan fingerprint density at radius 3 is 2.48 bits per heavy atom. The van der Waals surface area contributed by atoms with Crippen LogP contribution < -0.4 is 21.7 Å². The number of benzene rings is 1. The lowest BCUT2D eigenvalue weighted by Crippen LogP contribution is -2.41. The Hall–Kier alpha value is -2.98. The van der Waals surface area contributed by atoms with E-state index in [2.05, 4.69) is 9.69 Å². The van der Waals surface area contributed by atoms with E-state index in [1.807, 2.05) is 19.1 Å². The van der Waals surface area contributed by atoms with Crippen LogP contribution in [0.2, 0.25) is 0 Å². The number of carbonyl (C=O) groups excluding carboxylic acids is 3. The molecule has 0 saturated heterocycles. The zero-order valence-electron chi connectivity index (χ0n) is 15.0. The van der Waals surface area contributed by atoms with Crippen LogP contribution in [-0.4, -0.2) is 48.9 Å². The molecular weight excluding hydrogens is 370 g/mol. The van der Waals surface area contributed by atoms with Gasteiger partial charge in [0.25, 0.3) is 11.8 Å². The van der Waals surface area contributed by atoms with E-state index in [0.29, 0.717) is 18.8 Å². The van der Waals surface area contributed by atoms with Crippen molar-refractivity contribution in [1.29, 1.82) is 0 Å². The summed E-state index contributed by atoms with van der Waals surface area (Å²) in [6, 6.07) is 7.09. The second kappa shape index (κ2) is 9.10. The van der Waals surface area contributed by atoms with E-state index in [4.69, 9.17) is 16.2 Å². The van der Waals surface area contributed by atoms with Gasteiger partial charge in [0.2, 0.25) is 5.91 Å². The van der Waals surface area contributed by atoms with Crippen LogP contribution in [-0.2, 0) is 9.53 Å². The third kappa shape index (κ3) is 5.02. The summed E-state index contributed by atoms with van der Waals surface area (Å²) in [6.45, 7) is 2.36. The number of rotatable bonds is 8. The predicted octanol–water partition coefficient (Wildman–Crippen LogP) is 0.542. The number of nitrogens with zero attached hydrogens (tertiary/aromatic N) is 2. The van der Waals surface area contributed by atoms with Gasteiger partial charge in [0.15, 0.2) is 5.69 Å². The van der Waals surface area contributed by atoms with Gasteiger partial charge in [0, 0.05) is 19.3 Å². The minimum absolute atomic E-state index is 0.0501. The van der Waals surface area contributed by atoms with Gasteiger partial charge in [-0.05, 0) is 30.6 Å². The SMILES string of the molecule is COCCNC(=O)CN(C(=O)c1snc(C(N)=O)c1N)c1ccc(C)cc1. The number of anilines is 2. The number of ether oxygens (including phenoxy) is 1. The summed E-state index contributed by atoms with van der Waals surface area (Å²) < 4.78 is 8.73. The first kappa shape index (κ1) is 20.3. The standard InChI is InChI=1S/C17H21N5O4S/c1-10-3-5-11(6-4-10)22(9-12(23)20-7-8-26-2)17(25)15-13(18)14(16(19)24)21-27-15/h3-6H,7-9,18H2,1-2H3,(H2,19,24)(H,20,23). The zero-order valence-corrected chi connectivity index (χ0v) is 15.8. The number of hydrogen-bond donors (Lipinski definition) is 3. The summed E-state index contributed by atoms with van der Waals surface area (Å²) >= 11 is 0.769. The molecule has 5 N–H and O–H groups in total. The molecule has 1 aromatic carbocycles. The van der Waals surface area contributed by atoms with Crippen LogP contribution in [0.25, 0.3) is 0 Å². The van der Waals surface area contributed by atoms with Gasteiger partial charge in [0.1, 0.15) is 11.4 Å². The largest absolute Gasteiger partial charge is 0.395 e. The van der Waals surface area contributed by atoms with Crippen molar-refractivity contribution in [2.75, 3.05) is 37.4 Å². The fraction of sp³-hybridized carbons (Fsp3) is 0.294. The molecule has 0 radical (unpaired) electrons. The number of nitrogen functional groups attached to an aromatic ring is 1.